The second-order valence-electron chi connectivity index (χ2n) is 3.70. The molecule has 0 spiro atoms. The van der Waals surface area contributed by atoms with Crippen LogP contribution in [0.1, 0.15) is 5.56 Å². The molecule has 0 radical (unpaired) electrons. The Kier molecular flexibility index (Phi) is 2.26. The van der Waals surface area contributed by atoms with Gasteiger partial charge in [0.2, 0.25) is 5.91 Å². The summed E-state index contributed by atoms with van der Waals surface area (Å²) in [5, 5.41) is 10.7. The molecular weight excluding hydrogens is 240 g/mol. The Balaban J connectivity index is 2.06. The maximum atomic E-state index is 11.2. The van der Waals surface area contributed by atoms with Gasteiger partial charge in [-0.3, -0.25) is 4.79 Å². The molecular formula is C11H7ClN4O. The van der Waals surface area contributed by atoms with Crippen LogP contribution in [0.15, 0.2) is 24.4 Å². The molecule has 1 aliphatic heterocycles. The van der Waals surface area contributed by atoms with Crippen LogP contribution in [0, 0.1) is 0 Å². The summed E-state index contributed by atoms with van der Waals surface area (Å²) >= 11 is 5.76. The number of anilines is 1. The first kappa shape index (κ1) is 10.2. The van der Waals surface area contributed by atoms with Crippen LogP contribution < -0.4 is 5.32 Å². The molecule has 1 N–H and O–H groups in total. The van der Waals surface area contributed by atoms with E-state index in [-0.39, 0.29) is 5.91 Å². The maximum Gasteiger partial charge on any atom is 0.228 e. The minimum Gasteiger partial charge on any atom is -0.326 e. The molecule has 17 heavy (non-hydrogen) atoms. The maximum absolute atomic E-state index is 11.2. The summed E-state index contributed by atoms with van der Waals surface area (Å²) in [6, 6.07) is 5.54. The zero-order valence-electron chi connectivity index (χ0n) is 8.64. The van der Waals surface area contributed by atoms with Crippen molar-refractivity contribution in [3.05, 3.63) is 35.1 Å². The van der Waals surface area contributed by atoms with Crippen molar-refractivity contribution in [3.8, 4) is 11.4 Å². The summed E-state index contributed by atoms with van der Waals surface area (Å²) in [4.78, 5) is 15.3. The van der Waals surface area contributed by atoms with Crippen molar-refractivity contribution in [2.45, 2.75) is 6.42 Å². The summed E-state index contributed by atoms with van der Waals surface area (Å²) in [7, 11) is 0. The van der Waals surface area contributed by atoms with E-state index in [0.29, 0.717) is 17.4 Å². The van der Waals surface area contributed by atoms with Crippen LogP contribution in [-0.2, 0) is 11.2 Å². The number of nitrogens with zero attached hydrogens (tertiary/aromatic N) is 3. The fraction of sp³-hybridized carbons (Fsp3) is 0.0909. The number of aromatic nitrogens is 3. The molecule has 0 bridgehead atoms. The molecule has 1 aromatic carbocycles. The minimum atomic E-state index is 0.00212. The Hall–Kier alpha value is -2.01. The number of benzene rings is 1. The van der Waals surface area contributed by atoms with Crippen LogP contribution in [-0.4, -0.2) is 21.1 Å². The van der Waals surface area contributed by atoms with Gasteiger partial charge in [0.15, 0.2) is 11.0 Å². The zero-order valence-corrected chi connectivity index (χ0v) is 9.40. The smallest absolute Gasteiger partial charge is 0.228 e. The van der Waals surface area contributed by atoms with Crippen molar-refractivity contribution in [2.24, 2.45) is 0 Å². The van der Waals surface area contributed by atoms with Gasteiger partial charge in [-0.15, -0.1) is 5.10 Å². The molecule has 84 valence electrons. The minimum absolute atomic E-state index is 0.00212. The topological polar surface area (TPSA) is 67.8 Å². The molecule has 0 saturated heterocycles. The normalized spacial score (nSPS) is 13.4. The van der Waals surface area contributed by atoms with E-state index in [2.05, 4.69) is 20.5 Å². The Labute approximate surface area is 102 Å². The molecule has 0 atom stereocenters. The molecule has 6 heteroatoms. The highest BCUT2D eigenvalue weighted by Crippen LogP contribution is 2.27. The molecule has 1 amide bonds. The van der Waals surface area contributed by atoms with Crippen LogP contribution in [0.5, 0.6) is 0 Å². The zero-order chi connectivity index (χ0) is 11.8. The molecule has 0 unspecified atom stereocenters. The van der Waals surface area contributed by atoms with E-state index < -0.39 is 0 Å². The average molecular weight is 247 g/mol. The third kappa shape index (κ3) is 1.85. The number of hydrogen-bond acceptors (Lipinski definition) is 4. The second-order valence-corrected chi connectivity index (χ2v) is 4.09. The van der Waals surface area contributed by atoms with Gasteiger partial charge in [0, 0.05) is 11.3 Å². The first-order chi connectivity index (χ1) is 8.22. The van der Waals surface area contributed by atoms with Crippen molar-refractivity contribution in [2.75, 3.05) is 5.32 Å². The Bertz CT molecular complexity index is 614. The van der Waals surface area contributed by atoms with Gasteiger partial charge in [-0.2, -0.15) is 5.10 Å². The van der Waals surface area contributed by atoms with Crippen LogP contribution in [0.25, 0.3) is 11.4 Å². The molecule has 5 nitrogen and oxygen atoms in total. The summed E-state index contributed by atoms with van der Waals surface area (Å²) in [6.45, 7) is 0. The number of fused-ring (bicyclic) bond motifs is 1. The molecule has 0 saturated carbocycles. The lowest BCUT2D eigenvalue weighted by Gasteiger charge is -2.02. The van der Waals surface area contributed by atoms with Gasteiger partial charge in [0.05, 0.1) is 12.6 Å². The molecule has 1 aromatic heterocycles. The number of amides is 1. The third-order valence-corrected chi connectivity index (χ3v) is 2.70. The highest BCUT2D eigenvalue weighted by atomic mass is 35.5. The summed E-state index contributed by atoms with van der Waals surface area (Å²) in [6.07, 6.45) is 1.76. The van der Waals surface area contributed by atoms with Gasteiger partial charge in [-0.1, -0.05) is 11.6 Å². The second kappa shape index (κ2) is 3.78. The number of hydrogen-bond donors (Lipinski definition) is 1. The van der Waals surface area contributed by atoms with E-state index in [4.69, 9.17) is 11.6 Å². The van der Waals surface area contributed by atoms with Crippen LogP contribution in [0.4, 0.5) is 5.69 Å². The van der Waals surface area contributed by atoms with Gasteiger partial charge in [-0.25, -0.2) is 4.98 Å². The van der Waals surface area contributed by atoms with E-state index in [1.165, 1.54) is 6.20 Å². The van der Waals surface area contributed by atoms with Gasteiger partial charge in [-0.05, 0) is 23.8 Å². The van der Waals surface area contributed by atoms with E-state index in [1.54, 1.807) is 0 Å². The molecule has 0 fully saturated rings. The molecule has 2 aromatic rings. The fourth-order valence-electron chi connectivity index (χ4n) is 1.77. The van der Waals surface area contributed by atoms with E-state index in [1.807, 2.05) is 18.2 Å². The highest BCUT2D eigenvalue weighted by Gasteiger charge is 2.18. The van der Waals surface area contributed by atoms with Crippen molar-refractivity contribution in [1.82, 2.24) is 15.2 Å². The summed E-state index contributed by atoms with van der Waals surface area (Å²) in [5.74, 6) is 0.460. The van der Waals surface area contributed by atoms with Crippen LogP contribution >= 0.6 is 11.6 Å². The Morgan fingerprint density at radius 1 is 1.35 bits per heavy atom. The lowest BCUT2D eigenvalue weighted by molar-refractivity contribution is -0.115. The van der Waals surface area contributed by atoms with Crippen molar-refractivity contribution in [1.29, 1.82) is 0 Å². The standard InChI is InChI=1S/C11H7ClN4O/c12-9-5-13-16-11(15-9)6-1-2-8-7(3-6)4-10(17)14-8/h1-3,5H,4H2,(H,14,17). The Morgan fingerprint density at radius 3 is 3.06 bits per heavy atom. The van der Waals surface area contributed by atoms with E-state index in [0.717, 1.165) is 16.8 Å². The first-order valence-electron chi connectivity index (χ1n) is 5.01. The molecule has 3 rings (SSSR count). The van der Waals surface area contributed by atoms with E-state index in [9.17, 15) is 4.79 Å². The van der Waals surface area contributed by atoms with Crippen molar-refractivity contribution in [3.63, 3.8) is 0 Å². The summed E-state index contributed by atoms with van der Waals surface area (Å²) in [5.41, 5.74) is 2.58. The molecule has 2 heterocycles. The summed E-state index contributed by atoms with van der Waals surface area (Å²) < 4.78 is 0. The van der Waals surface area contributed by atoms with Crippen LogP contribution in [0.3, 0.4) is 0 Å². The lowest BCUT2D eigenvalue weighted by atomic mass is 10.1. The predicted molar refractivity (Wildman–Crippen MR) is 62.6 cm³/mol. The van der Waals surface area contributed by atoms with Gasteiger partial charge in [0.25, 0.3) is 0 Å². The fourth-order valence-corrected chi connectivity index (χ4v) is 1.90. The van der Waals surface area contributed by atoms with Gasteiger partial charge < -0.3 is 5.32 Å². The SMILES string of the molecule is O=C1Cc2cc(-c3nncc(Cl)n3)ccc2N1. The van der Waals surface area contributed by atoms with Gasteiger partial charge >= 0.3 is 0 Å². The highest BCUT2D eigenvalue weighted by molar-refractivity contribution is 6.29. The number of carbonyl (C=O) groups is 1. The van der Waals surface area contributed by atoms with Crippen LogP contribution in [0.2, 0.25) is 5.15 Å². The molecule has 0 aliphatic carbocycles. The quantitative estimate of drug-likeness (QED) is 0.831. The number of rotatable bonds is 1. The molecule has 1 aliphatic rings. The third-order valence-electron chi connectivity index (χ3n) is 2.52. The van der Waals surface area contributed by atoms with E-state index >= 15 is 0 Å². The van der Waals surface area contributed by atoms with Gasteiger partial charge in [0.1, 0.15) is 0 Å². The monoisotopic (exact) mass is 246 g/mol. The van der Waals surface area contributed by atoms with Crippen molar-refractivity contribution >= 4 is 23.2 Å². The first-order valence-corrected chi connectivity index (χ1v) is 5.38. The number of carbonyl (C=O) groups excluding carboxylic acids is 1. The lowest BCUT2D eigenvalue weighted by Crippen LogP contribution is -2.03. The van der Waals surface area contributed by atoms with Crippen molar-refractivity contribution < 1.29 is 4.79 Å². The average Bonchev–Trinajstić information content (AvgIpc) is 2.68. The largest absolute Gasteiger partial charge is 0.326 e. The number of halogens is 1. The number of nitrogens with one attached hydrogen (secondary N) is 1. The predicted octanol–water partition coefficient (Wildman–Crippen LogP) is 1.69. The Morgan fingerprint density at radius 2 is 2.24 bits per heavy atom.